The van der Waals surface area contributed by atoms with Crippen molar-refractivity contribution in [1.29, 1.82) is 0 Å². The zero-order valence-electron chi connectivity index (χ0n) is 7.31. The molecule has 0 heterocycles. The van der Waals surface area contributed by atoms with Crippen molar-refractivity contribution in [2.75, 3.05) is 0 Å². The molecular weight excluding hydrogens is 212 g/mol. The number of aryl methyl sites for hydroxylation is 1. The Morgan fingerprint density at radius 2 is 2.25 bits per heavy atom. The van der Waals surface area contributed by atoms with Crippen molar-refractivity contribution >= 4 is 15.9 Å². The Hall–Kier alpha value is -0.560. The third-order valence-corrected chi connectivity index (χ3v) is 2.86. The summed E-state index contributed by atoms with van der Waals surface area (Å²) in [4.78, 5) is 0. The fourth-order valence-corrected chi connectivity index (χ4v) is 1.59. The molecule has 0 radical (unpaired) electrons. The summed E-state index contributed by atoms with van der Waals surface area (Å²) in [5, 5.41) is 0. The van der Waals surface area contributed by atoms with Gasteiger partial charge in [-0.15, -0.1) is 6.58 Å². The summed E-state index contributed by atoms with van der Waals surface area (Å²) in [6.07, 6.45) is 4.10. The molecule has 0 aliphatic heterocycles. The second-order valence-electron chi connectivity index (χ2n) is 2.85. The summed E-state index contributed by atoms with van der Waals surface area (Å²) >= 11 is 3.51. The molecule has 0 aliphatic rings. The highest BCUT2D eigenvalue weighted by Gasteiger charge is 1.99. The number of rotatable bonds is 3. The van der Waals surface area contributed by atoms with Crippen LogP contribution in [-0.2, 0) is 6.42 Å². The fraction of sp³-hybridized carbons (Fsp3) is 0.273. The number of benzene rings is 1. The normalized spacial score (nSPS) is 9.83. The zero-order valence-corrected chi connectivity index (χ0v) is 8.89. The quantitative estimate of drug-likeness (QED) is 0.685. The van der Waals surface area contributed by atoms with E-state index in [1.54, 1.807) is 0 Å². The smallest absolute Gasteiger partial charge is 0.0207 e. The molecule has 0 N–H and O–H groups in total. The van der Waals surface area contributed by atoms with Crippen molar-refractivity contribution in [1.82, 2.24) is 0 Å². The number of hydrogen-bond acceptors (Lipinski definition) is 0. The van der Waals surface area contributed by atoms with Crippen LogP contribution in [0.3, 0.4) is 0 Å². The molecule has 1 aromatic carbocycles. The molecule has 0 fully saturated rings. The predicted molar refractivity (Wildman–Crippen MR) is 57.4 cm³/mol. The maximum Gasteiger partial charge on any atom is 0.0207 e. The summed E-state index contributed by atoms with van der Waals surface area (Å²) in [7, 11) is 0. The van der Waals surface area contributed by atoms with Crippen LogP contribution in [0.4, 0.5) is 0 Å². The van der Waals surface area contributed by atoms with Crippen molar-refractivity contribution in [2.45, 2.75) is 19.8 Å². The lowest BCUT2D eigenvalue weighted by Gasteiger charge is -2.05. The molecule has 1 heteroatoms. The highest BCUT2D eigenvalue weighted by Crippen LogP contribution is 2.20. The van der Waals surface area contributed by atoms with Crippen LogP contribution >= 0.6 is 15.9 Å². The molecule has 0 aliphatic carbocycles. The molecule has 64 valence electrons. The molecule has 0 nitrogen and oxygen atoms in total. The number of allylic oxidation sites excluding steroid dienone is 1. The molecule has 1 aromatic rings. The van der Waals surface area contributed by atoms with Crippen molar-refractivity contribution in [3.8, 4) is 0 Å². The van der Waals surface area contributed by atoms with Crippen LogP contribution in [0.2, 0.25) is 0 Å². The molecule has 0 unspecified atom stereocenters. The zero-order chi connectivity index (χ0) is 8.97. The van der Waals surface area contributed by atoms with E-state index in [1.807, 2.05) is 6.08 Å². The van der Waals surface area contributed by atoms with E-state index >= 15 is 0 Å². The first kappa shape index (κ1) is 9.53. The molecule has 0 atom stereocenters. The van der Waals surface area contributed by atoms with Crippen LogP contribution in [0, 0.1) is 6.92 Å². The fourth-order valence-electron chi connectivity index (χ4n) is 1.18. The minimum Gasteiger partial charge on any atom is -0.103 e. The predicted octanol–water partition coefficient (Wildman–Crippen LogP) is 3.88. The summed E-state index contributed by atoms with van der Waals surface area (Å²) in [6.45, 7) is 5.86. The molecule has 0 aromatic heterocycles. The van der Waals surface area contributed by atoms with E-state index in [2.05, 4.69) is 47.6 Å². The molecule has 12 heavy (non-hydrogen) atoms. The van der Waals surface area contributed by atoms with Crippen LogP contribution in [0.25, 0.3) is 0 Å². The monoisotopic (exact) mass is 224 g/mol. The topological polar surface area (TPSA) is 0 Å². The maximum atomic E-state index is 3.72. The molecule has 0 amide bonds. The molecule has 0 bridgehead atoms. The summed E-state index contributed by atoms with van der Waals surface area (Å²) < 4.78 is 1.20. The van der Waals surface area contributed by atoms with E-state index in [1.165, 1.54) is 15.6 Å². The second kappa shape index (κ2) is 4.46. The minimum absolute atomic E-state index is 1.05. The van der Waals surface area contributed by atoms with E-state index in [9.17, 15) is 0 Å². The molecule has 0 spiro atoms. The number of hydrogen-bond donors (Lipinski definition) is 0. The first-order valence-electron chi connectivity index (χ1n) is 4.10. The van der Waals surface area contributed by atoms with Crippen LogP contribution in [-0.4, -0.2) is 0 Å². The lowest BCUT2D eigenvalue weighted by Crippen LogP contribution is -1.88. The van der Waals surface area contributed by atoms with Gasteiger partial charge in [-0.25, -0.2) is 0 Å². The molecular formula is C11H13Br. The van der Waals surface area contributed by atoms with Gasteiger partial charge in [-0.05, 0) is 37.0 Å². The van der Waals surface area contributed by atoms with Gasteiger partial charge in [0.1, 0.15) is 0 Å². The molecule has 0 saturated carbocycles. The Morgan fingerprint density at radius 1 is 1.50 bits per heavy atom. The van der Waals surface area contributed by atoms with Gasteiger partial charge < -0.3 is 0 Å². The summed E-state index contributed by atoms with van der Waals surface area (Å²) in [5.41, 5.74) is 2.75. The number of halogens is 1. The lowest BCUT2D eigenvalue weighted by atomic mass is 10.0. The van der Waals surface area contributed by atoms with Gasteiger partial charge in [0, 0.05) is 4.47 Å². The first-order valence-corrected chi connectivity index (χ1v) is 4.90. The van der Waals surface area contributed by atoms with E-state index in [0.717, 1.165) is 12.8 Å². The summed E-state index contributed by atoms with van der Waals surface area (Å²) in [6, 6.07) is 6.33. The molecule has 0 saturated heterocycles. The first-order chi connectivity index (χ1) is 5.75. The average Bonchev–Trinajstić information content (AvgIpc) is 2.08. The van der Waals surface area contributed by atoms with Crippen molar-refractivity contribution in [3.05, 3.63) is 46.5 Å². The van der Waals surface area contributed by atoms with E-state index in [-0.39, 0.29) is 0 Å². The second-order valence-corrected chi connectivity index (χ2v) is 3.71. The van der Waals surface area contributed by atoms with E-state index < -0.39 is 0 Å². The third-order valence-electron chi connectivity index (χ3n) is 2.00. The third kappa shape index (κ3) is 2.21. The van der Waals surface area contributed by atoms with Crippen molar-refractivity contribution < 1.29 is 0 Å². The van der Waals surface area contributed by atoms with Gasteiger partial charge in [-0.3, -0.25) is 0 Å². The highest BCUT2D eigenvalue weighted by molar-refractivity contribution is 9.10. The Labute approximate surface area is 82.4 Å². The van der Waals surface area contributed by atoms with Gasteiger partial charge in [-0.2, -0.15) is 0 Å². The van der Waals surface area contributed by atoms with Crippen molar-refractivity contribution in [3.63, 3.8) is 0 Å². The lowest BCUT2D eigenvalue weighted by molar-refractivity contribution is 0.987. The Bertz CT molecular complexity index is 276. The van der Waals surface area contributed by atoms with Gasteiger partial charge in [0.25, 0.3) is 0 Å². The van der Waals surface area contributed by atoms with Crippen LogP contribution < -0.4 is 0 Å². The van der Waals surface area contributed by atoms with E-state index in [4.69, 9.17) is 0 Å². The molecule has 1 rings (SSSR count). The van der Waals surface area contributed by atoms with Crippen LogP contribution in [0.1, 0.15) is 17.5 Å². The van der Waals surface area contributed by atoms with Gasteiger partial charge in [-0.1, -0.05) is 34.1 Å². The van der Waals surface area contributed by atoms with Crippen LogP contribution in [0.15, 0.2) is 35.3 Å². The summed E-state index contributed by atoms with van der Waals surface area (Å²) in [5.74, 6) is 0. The van der Waals surface area contributed by atoms with Crippen molar-refractivity contribution in [2.24, 2.45) is 0 Å². The largest absolute Gasteiger partial charge is 0.103 e. The highest BCUT2D eigenvalue weighted by atomic mass is 79.9. The Morgan fingerprint density at radius 3 is 2.92 bits per heavy atom. The standard InChI is InChI=1S/C11H13Br/c1-3-4-6-10-7-5-8-11(12)9(10)2/h3,5,7-8H,1,4,6H2,2H3. The van der Waals surface area contributed by atoms with Gasteiger partial charge in [0.05, 0.1) is 0 Å². The van der Waals surface area contributed by atoms with Gasteiger partial charge in [0.15, 0.2) is 0 Å². The average molecular weight is 225 g/mol. The Balaban J connectivity index is 2.84. The van der Waals surface area contributed by atoms with E-state index in [0.29, 0.717) is 0 Å². The van der Waals surface area contributed by atoms with Crippen LogP contribution in [0.5, 0.6) is 0 Å². The minimum atomic E-state index is 1.05. The Kier molecular flexibility index (Phi) is 3.54. The van der Waals surface area contributed by atoms with Gasteiger partial charge >= 0.3 is 0 Å². The van der Waals surface area contributed by atoms with Gasteiger partial charge in [0.2, 0.25) is 0 Å². The SMILES string of the molecule is C=CCCc1cccc(Br)c1C. The maximum absolute atomic E-state index is 3.72.